The van der Waals surface area contributed by atoms with Gasteiger partial charge >= 0.3 is 5.97 Å². The monoisotopic (exact) mass is 888 g/mol. The van der Waals surface area contributed by atoms with E-state index in [1.165, 1.54) is 0 Å². The van der Waals surface area contributed by atoms with Crippen LogP contribution in [0.1, 0.15) is 58.3 Å². The van der Waals surface area contributed by atoms with Crippen molar-refractivity contribution in [3.63, 3.8) is 0 Å². The summed E-state index contributed by atoms with van der Waals surface area (Å²) in [5.41, 5.74) is 7.44. The zero-order valence-electron chi connectivity index (χ0n) is 29.2. The van der Waals surface area contributed by atoms with Crippen LogP contribution in [0.15, 0.2) is 143 Å². The summed E-state index contributed by atoms with van der Waals surface area (Å²) in [6.45, 7) is 2.40. The van der Waals surface area contributed by atoms with Crippen LogP contribution in [0.2, 0.25) is 0 Å². The molecule has 0 unspecified atom stereocenters. The van der Waals surface area contributed by atoms with Crippen molar-refractivity contribution < 1.29 is 14.3 Å². The summed E-state index contributed by atoms with van der Waals surface area (Å²) in [6, 6.07) is 40.7. The number of tetrazole rings is 1. The standard InChI is InChI=1S/C43H34BrIN6O3/c1-2-3-23-36-46-40(45)39(42(52)53)50(36)26-34-31-24-25-54-27-35(31)38(44)37(34)32-21-13-14-22-33(32)41-47-49-51(48-41)43(28-15-7-4-8-16-28,29-17-9-5-10-18-29)30-19-11-6-12-20-30/h4-22,24-25,27H,2-3,23,26H2,1H3,(H,52,53). The fourth-order valence-corrected chi connectivity index (χ4v) is 8.98. The van der Waals surface area contributed by atoms with Gasteiger partial charge in [0.1, 0.15) is 9.53 Å². The number of aryl methyl sites for hydroxylation is 1. The number of rotatable bonds is 12. The number of carboxylic acid groups (broad SMARTS) is 1. The summed E-state index contributed by atoms with van der Waals surface area (Å²) < 4.78 is 8.81. The lowest BCUT2D eigenvalue weighted by Gasteiger charge is -2.34. The van der Waals surface area contributed by atoms with Crippen molar-refractivity contribution in [3.8, 4) is 33.6 Å². The van der Waals surface area contributed by atoms with Crippen LogP contribution < -0.4 is 0 Å². The molecule has 2 aromatic heterocycles. The van der Waals surface area contributed by atoms with E-state index in [0.717, 1.165) is 73.2 Å². The third kappa shape index (κ3) is 6.14. The number of hydrogen-bond acceptors (Lipinski definition) is 6. The predicted octanol–water partition coefficient (Wildman–Crippen LogP) is 10.2. The van der Waals surface area contributed by atoms with Crippen molar-refractivity contribution in [1.82, 2.24) is 29.8 Å². The molecule has 268 valence electrons. The van der Waals surface area contributed by atoms with Gasteiger partial charge in [-0.2, -0.15) is 0 Å². The van der Waals surface area contributed by atoms with Crippen molar-refractivity contribution in [2.45, 2.75) is 38.3 Å². The number of unbranched alkanes of at least 4 members (excludes halogenated alkanes) is 1. The first kappa shape index (κ1) is 35.6. The lowest BCUT2D eigenvalue weighted by molar-refractivity contribution is 0.0684. The minimum Gasteiger partial charge on any atom is -0.476 e. The maximum Gasteiger partial charge on any atom is 0.355 e. The highest BCUT2D eigenvalue weighted by molar-refractivity contribution is 14.1. The van der Waals surface area contributed by atoms with Gasteiger partial charge in [0.15, 0.2) is 11.2 Å². The smallest absolute Gasteiger partial charge is 0.355 e. The van der Waals surface area contributed by atoms with Crippen LogP contribution in [0, 0.1) is 3.70 Å². The van der Waals surface area contributed by atoms with E-state index in [2.05, 4.69) is 59.3 Å². The normalized spacial score (nSPS) is 11.7. The SMILES string of the molecule is CCCCc1nc(I)c(C(=O)O)n1Cc1c2ccocc-2c(Br)c1-c1ccccc1-c1nnn(C(c2ccccc2)(c2ccccc2)c2ccccc2)n1. The van der Waals surface area contributed by atoms with E-state index >= 15 is 0 Å². The van der Waals surface area contributed by atoms with Gasteiger partial charge in [-0.15, -0.1) is 15.0 Å². The quantitative estimate of drug-likeness (QED) is 0.0961. The Morgan fingerprint density at radius 2 is 1.41 bits per heavy atom. The summed E-state index contributed by atoms with van der Waals surface area (Å²) >= 11 is 5.97. The Morgan fingerprint density at radius 1 is 0.815 bits per heavy atom. The molecule has 0 saturated carbocycles. The van der Waals surface area contributed by atoms with Gasteiger partial charge in [-0.3, -0.25) is 0 Å². The molecule has 0 radical (unpaired) electrons. The fourth-order valence-electron chi connectivity index (χ4n) is 7.42. The fraction of sp³-hybridized carbons (Fsp3) is 0.140. The molecule has 1 N–H and O–H groups in total. The summed E-state index contributed by atoms with van der Waals surface area (Å²) in [5, 5.41) is 25.2. The van der Waals surface area contributed by atoms with Crippen molar-refractivity contribution >= 4 is 44.5 Å². The van der Waals surface area contributed by atoms with Crippen LogP contribution in [0.3, 0.4) is 0 Å². The molecule has 1 aliphatic carbocycles. The van der Waals surface area contributed by atoms with Gasteiger partial charge < -0.3 is 14.1 Å². The lowest BCUT2D eigenvalue weighted by Crippen LogP contribution is -2.39. The Bertz CT molecular complexity index is 2430. The largest absolute Gasteiger partial charge is 0.476 e. The molecule has 3 heterocycles. The average Bonchev–Trinajstić information content (AvgIpc) is 3.90. The van der Waals surface area contributed by atoms with E-state index in [1.54, 1.807) is 17.3 Å². The Balaban J connectivity index is 1.34. The van der Waals surface area contributed by atoms with Crippen molar-refractivity contribution in [2.75, 3.05) is 0 Å². The molecule has 0 atom stereocenters. The summed E-state index contributed by atoms with van der Waals surface area (Å²) in [7, 11) is 0. The van der Waals surface area contributed by atoms with Crippen LogP contribution in [-0.2, 0) is 18.5 Å². The number of halogens is 2. The molecule has 1 aliphatic heterocycles. The van der Waals surface area contributed by atoms with E-state index in [1.807, 2.05) is 112 Å². The van der Waals surface area contributed by atoms with Gasteiger partial charge in [0.25, 0.3) is 0 Å². The highest BCUT2D eigenvalue weighted by Crippen LogP contribution is 2.49. The molecule has 2 aliphatic rings. The molecule has 9 nitrogen and oxygen atoms in total. The minimum absolute atomic E-state index is 0.177. The first-order valence-electron chi connectivity index (χ1n) is 17.6. The van der Waals surface area contributed by atoms with Crippen molar-refractivity contribution in [3.05, 3.63) is 176 Å². The highest BCUT2D eigenvalue weighted by atomic mass is 127. The van der Waals surface area contributed by atoms with Gasteiger partial charge in [0.05, 0.1) is 19.1 Å². The molecule has 0 bridgehead atoms. The summed E-state index contributed by atoms with van der Waals surface area (Å²) in [5.74, 6) is 0.173. The number of carboxylic acids is 1. The topological polar surface area (TPSA) is 112 Å². The van der Waals surface area contributed by atoms with E-state index in [-0.39, 0.29) is 12.2 Å². The van der Waals surface area contributed by atoms with E-state index < -0.39 is 11.5 Å². The number of benzene rings is 4. The van der Waals surface area contributed by atoms with Crippen LogP contribution in [-0.4, -0.2) is 40.8 Å². The molecular weight excluding hydrogens is 855 g/mol. The van der Waals surface area contributed by atoms with Gasteiger partial charge in [0, 0.05) is 27.6 Å². The van der Waals surface area contributed by atoms with Crippen molar-refractivity contribution in [1.29, 1.82) is 0 Å². The molecule has 4 aromatic carbocycles. The molecule has 0 spiro atoms. The Morgan fingerprint density at radius 3 is 2.00 bits per heavy atom. The molecule has 54 heavy (non-hydrogen) atoms. The number of carbonyl (C=O) groups is 1. The Kier molecular flexibility index (Phi) is 9.99. The van der Waals surface area contributed by atoms with Gasteiger partial charge in [0.2, 0.25) is 5.82 Å². The molecule has 11 heteroatoms. The third-order valence-corrected chi connectivity index (χ3v) is 11.5. The summed E-state index contributed by atoms with van der Waals surface area (Å²) in [6.07, 6.45) is 5.88. The second-order valence-corrected chi connectivity index (χ2v) is 14.8. The number of aromatic nitrogens is 6. The van der Waals surface area contributed by atoms with Crippen LogP contribution in [0.5, 0.6) is 0 Å². The maximum absolute atomic E-state index is 12.7. The van der Waals surface area contributed by atoms with Crippen LogP contribution >= 0.6 is 38.5 Å². The van der Waals surface area contributed by atoms with Gasteiger partial charge in [-0.1, -0.05) is 129 Å². The third-order valence-electron chi connectivity index (χ3n) is 9.87. The molecule has 0 amide bonds. The van der Waals surface area contributed by atoms with Crippen LogP contribution in [0.25, 0.3) is 33.6 Å². The maximum atomic E-state index is 12.7. The molecule has 0 fully saturated rings. The second-order valence-electron chi connectivity index (χ2n) is 13.0. The van der Waals surface area contributed by atoms with E-state index in [4.69, 9.17) is 24.8 Å². The number of nitrogens with zero attached hydrogens (tertiary/aromatic N) is 6. The first-order valence-corrected chi connectivity index (χ1v) is 19.5. The Hall–Kier alpha value is -5.40. The summed E-state index contributed by atoms with van der Waals surface area (Å²) in [4.78, 5) is 19.1. The number of hydrogen-bond donors (Lipinski definition) is 1. The van der Waals surface area contributed by atoms with Crippen LogP contribution in [0.4, 0.5) is 0 Å². The first-order chi connectivity index (χ1) is 26.4. The predicted molar refractivity (Wildman–Crippen MR) is 220 cm³/mol. The Labute approximate surface area is 334 Å². The minimum atomic E-state index is -1.01. The number of imidazole rings is 1. The molecule has 0 saturated heterocycles. The zero-order chi connectivity index (χ0) is 37.2. The highest BCUT2D eigenvalue weighted by Gasteiger charge is 2.41. The number of fused-ring (bicyclic) bond motifs is 1. The van der Waals surface area contributed by atoms with Gasteiger partial charge in [-0.25, -0.2) is 9.78 Å². The second kappa shape index (κ2) is 15.2. The lowest BCUT2D eigenvalue weighted by atomic mass is 9.77. The average molecular weight is 890 g/mol. The number of aromatic carboxylic acids is 1. The van der Waals surface area contributed by atoms with E-state index in [0.29, 0.717) is 15.9 Å². The zero-order valence-corrected chi connectivity index (χ0v) is 33.0. The van der Waals surface area contributed by atoms with Crippen molar-refractivity contribution in [2.24, 2.45) is 0 Å². The molecule has 6 aromatic rings. The van der Waals surface area contributed by atoms with E-state index in [9.17, 15) is 9.90 Å². The van der Waals surface area contributed by atoms with Gasteiger partial charge in [-0.05, 0) is 89.6 Å². The molecule has 8 rings (SSSR count). The molecular formula is C43H34BrIN6O3.